The molecule has 1 saturated carbocycles. The summed E-state index contributed by atoms with van der Waals surface area (Å²) in [5, 5.41) is 13.0. The standard InChI is InChI=1S/C21H31BrN2O5S/c1-3-29-20(28)14-15-19(27)24(11(2)10-25)17(21(15)9-13(22)16(14)30-21)18(26)23-12-7-5-4-6-8-12/h11-17,25H,3-10H2,1-2H3,(H,23,26)/t11-,13?,14+,15+,16+,17?,21?/m1/s1. The lowest BCUT2D eigenvalue weighted by Crippen LogP contribution is -2.58. The van der Waals surface area contributed by atoms with E-state index < -0.39 is 28.7 Å². The number of ether oxygens (including phenoxy) is 1. The maximum Gasteiger partial charge on any atom is 0.310 e. The second-order valence-electron chi connectivity index (χ2n) is 9.04. The second kappa shape index (κ2) is 8.62. The lowest BCUT2D eigenvalue weighted by molar-refractivity contribution is -0.154. The third-order valence-corrected chi connectivity index (χ3v) is 10.4. The SMILES string of the molecule is CCOC(=O)[C@H]1[C@H]2C(=O)N([C@H](C)CO)C(C(=O)NC3CCCCC3)C23CC(Br)[C@@H]1S3. The molecule has 1 aliphatic carbocycles. The number of alkyl halides is 1. The number of aliphatic hydroxyl groups excluding tert-OH is 1. The summed E-state index contributed by atoms with van der Waals surface area (Å²) in [7, 11) is 0. The number of carbonyl (C=O) groups is 3. The highest BCUT2D eigenvalue weighted by Gasteiger charge is 2.76. The van der Waals surface area contributed by atoms with Crippen LogP contribution < -0.4 is 5.32 Å². The van der Waals surface area contributed by atoms with Crippen LogP contribution in [0.5, 0.6) is 0 Å². The molecule has 2 bridgehead atoms. The minimum absolute atomic E-state index is 0.0373. The van der Waals surface area contributed by atoms with Gasteiger partial charge in [-0.2, -0.15) is 0 Å². The van der Waals surface area contributed by atoms with Crippen LogP contribution in [0, 0.1) is 11.8 Å². The highest BCUT2D eigenvalue weighted by atomic mass is 79.9. The van der Waals surface area contributed by atoms with Gasteiger partial charge >= 0.3 is 5.97 Å². The zero-order chi connectivity index (χ0) is 21.6. The molecular formula is C21H31BrN2O5S. The fourth-order valence-corrected chi connectivity index (χ4v) is 9.55. The van der Waals surface area contributed by atoms with Gasteiger partial charge in [0.1, 0.15) is 6.04 Å². The first-order valence-electron chi connectivity index (χ1n) is 11.1. The van der Waals surface area contributed by atoms with E-state index in [0.717, 1.165) is 25.7 Å². The Balaban J connectivity index is 1.69. The Hall–Kier alpha value is -0.800. The predicted molar refractivity (Wildman–Crippen MR) is 117 cm³/mol. The molecule has 4 aliphatic rings. The highest BCUT2D eigenvalue weighted by Crippen LogP contribution is 2.68. The van der Waals surface area contributed by atoms with E-state index >= 15 is 0 Å². The molecule has 3 saturated heterocycles. The normalized spacial score (nSPS) is 39.1. The number of carbonyl (C=O) groups excluding carboxylic acids is 3. The molecule has 1 spiro atoms. The summed E-state index contributed by atoms with van der Waals surface area (Å²) in [6, 6.07) is -1.04. The van der Waals surface area contributed by atoms with E-state index in [2.05, 4.69) is 21.2 Å². The maximum absolute atomic E-state index is 13.6. The Morgan fingerprint density at radius 2 is 2.07 bits per heavy atom. The van der Waals surface area contributed by atoms with Gasteiger partial charge in [-0.3, -0.25) is 14.4 Å². The van der Waals surface area contributed by atoms with E-state index in [1.165, 1.54) is 6.42 Å². The van der Waals surface area contributed by atoms with Gasteiger partial charge in [-0.05, 0) is 33.1 Å². The van der Waals surface area contributed by atoms with Gasteiger partial charge in [0.25, 0.3) is 0 Å². The number of hydrogen-bond donors (Lipinski definition) is 2. The molecule has 4 fully saturated rings. The third kappa shape index (κ3) is 3.39. The van der Waals surface area contributed by atoms with Crippen LogP contribution in [-0.4, -0.2) is 74.0 Å². The van der Waals surface area contributed by atoms with Crippen LogP contribution in [-0.2, 0) is 19.1 Å². The topological polar surface area (TPSA) is 95.9 Å². The minimum Gasteiger partial charge on any atom is -0.466 e. The van der Waals surface area contributed by atoms with Crippen LogP contribution in [0.1, 0.15) is 52.4 Å². The average molecular weight is 503 g/mol. The minimum atomic E-state index is -0.687. The zero-order valence-electron chi connectivity index (χ0n) is 17.5. The number of hydrogen-bond acceptors (Lipinski definition) is 6. The Morgan fingerprint density at radius 3 is 2.70 bits per heavy atom. The fraction of sp³-hybridized carbons (Fsp3) is 0.857. The van der Waals surface area contributed by atoms with Crippen molar-refractivity contribution in [2.24, 2.45) is 11.8 Å². The number of amides is 2. The number of thioether (sulfide) groups is 1. The highest BCUT2D eigenvalue weighted by molar-refractivity contribution is 9.09. The van der Waals surface area contributed by atoms with Crippen molar-refractivity contribution in [1.29, 1.82) is 0 Å². The smallest absolute Gasteiger partial charge is 0.310 e. The zero-order valence-corrected chi connectivity index (χ0v) is 19.9. The average Bonchev–Trinajstić information content (AvgIpc) is 3.31. The first-order chi connectivity index (χ1) is 14.4. The number of halogens is 1. The van der Waals surface area contributed by atoms with Gasteiger partial charge in [0.2, 0.25) is 11.8 Å². The molecule has 3 unspecified atom stereocenters. The van der Waals surface area contributed by atoms with Crippen LogP contribution in [0.4, 0.5) is 0 Å². The summed E-state index contributed by atoms with van der Waals surface area (Å²) in [5.74, 6) is -1.86. The number of likely N-dealkylation sites (tertiary alicyclic amines) is 1. The summed E-state index contributed by atoms with van der Waals surface area (Å²) in [6.07, 6.45) is 5.96. The van der Waals surface area contributed by atoms with Crippen molar-refractivity contribution < 1.29 is 24.2 Å². The van der Waals surface area contributed by atoms with Gasteiger partial charge in [0.05, 0.1) is 35.8 Å². The van der Waals surface area contributed by atoms with Gasteiger partial charge in [-0.15, -0.1) is 11.8 Å². The van der Waals surface area contributed by atoms with Crippen molar-refractivity contribution in [2.75, 3.05) is 13.2 Å². The molecule has 4 rings (SSSR count). The summed E-state index contributed by atoms with van der Waals surface area (Å²) in [5.41, 5.74) is 0. The first kappa shape index (κ1) is 22.4. The Kier molecular flexibility index (Phi) is 6.43. The molecule has 0 radical (unpaired) electrons. The van der Waals surface area contributed by atoms with Gasteiger partial charge in [-0.1, -0.05) is 35.2 Å². The molecule has 168 valence electrons. The van der Waals surface area contributed by atoms with Crippen molar-refractivity contribution in [3.05, 3.63) is 0 Å². The van der Waals surface area contributed by atoms with Gasteiger partial charge in [0.15, 0.2) is 0 Å². The van der Waals surface area contributed by atoms with Crippen molar-refractivity contribution >= 4 is 45.5 Å². The van der Waals surface area contributed by atoms with E-state index in [1.54, 1.807) is 30.5 Å². The predicted octanol–water partition coefficient (Wildman–Crippen LogP) is 1.84. The molecule has 0 aromatic rings. The number of fused-ring (bicyclic) bond motifs is 1. The van der Waals surface area contributed by atoms with Gasteiger partial charge in [-0.25, -0.2) is 0 Å². The van der Waals surface area contributed by atoms with Crippen LogP contribution in [0.2, 0.25) is 0 Å². The second-order valence-corrected chi connectivity index (χ2v) is 11.8. The van der Waals surface area contributed by atoms with Gasteiger partial charge < -0.3 is 20.1 Å². The Labute approximate surface area is 190 Å². The molecule has 30 heavy (non-hydrogen) atoms. The molecule has 2 amide bonds. The molecule has 3 heterocycles. The summed E-state index contributed by atoms with van der Waals surface area (Å²) >= 11 is 5.32. The lowest BCUT2D eigenvalue weighted by atomic mass is 9.71. The maximum atomic E-state index is 13.6. The fourth-order valence-electron chi connectivity index (χ4n) is 5.96. The summed E-state index contributed by atoms with van der Waals surface area (Å²) in [4.78, 5) is 41.6. The van der Waals surface area contributed by atoms with Crippen molar-refractivity contribution in [3.63, 3.8) is 0 Å². The molecule has 0 aromatic heterocycles. The van der Waals surface area contributed by atoms with E-state index in [4.69, 9.17) is 4.74 Å². The van der Waals surface area contributed by atoms with Crippen LogP contribution in [0.15, 0.2) is 0 Å². The molecule has 7 nitrogen and oxygen atoms in total. The van der Waals surface area contributed by atoms with Crippen LogP contribution >= 0.6 is 27.7 Å². The van der Waals surface area contributed by atoms with Crippen molar-refractivity contribution in [3.8, 4) is 0 Å². The molecule has 9 heteroatoms. The quantitative estimate of drug-likeness (QED) is 0.425. The van der Waals surface area contributed by atoms with E-state index in [9.17, 15) is 19.5 Å². The number of nitrogens with zero attached hydrogens (tertiary/aromatic N) is 1. The van der Waals surface area contributed by atoms with Gasteiger partial charge in [0, 0.05) is 16.1 Å². The molecule has 7 atom stereocenters. The number of aliphatic hydroxyl groups is 1. The van der Waals surface area contributed by atoms with E-state index in [0.29, 0.717) is 6.42 Å². The number of rotatable bonds is 6. The Morgan fingerprint density at radius 1 is 1.37 bits per heavy atom. The van der Waals surface area contributed by atoms with Crippen molar-refractivity contribution in [1.82, 2.24) is 10.2 Å². The molecular weight excluding hydrogens is 472 g/mol. The Bertz CT molecular complexity index is 718. The molecule has 2 N–H and O–H groups in total. The first-order valence-corrected chi connectivity index (χ1v) is 12.9. The number of esters is 1. The summed E-state index contributed by atoms with van der Waals surface area (Å²) in [6.45, 7) is 3.56. The molecule has 0 aromatic carbocycles. The number of nitrogens with one attached hydrogen (secondary N) is 1. The van der Waals surface area contributed by atoms with Crippen molar-refractivity contribution in [2.45, 2.75) is 85.3 Å². The van der Waals surface area contributed by atoms with Crippen LogP contribution in [0.25, 0.3) is 0 Å². The molecule has 3 aliphatic heterocycles. The van der Waals surface area contributed by atoms with E-state index in [-0.39, 0.29) is 47.1 Å². The third-order valence-electron chi connectivity index (χ3n) is 7.22. The summed E-state index contributed by atoms with van der Waals surface area (Å²) < 4.78 is 4.65. The van der Waals surface area contributed by atoms with Crippen LogP contribution in [0.3, 0.4) is 0 Å². The monoisotopic (exact) mass is 502 g/mol. The lowest BCUT2D eigenvalue weighted by Gasteiger charge is -2.37. The van der Waals surface area contributed by atoms with E-state index in [1.807, 2.05) is 0 Å². The largest absolute Gasteiger partial charge is 0.466 e.